The Morgan fingerprint density at radius 1 is 0.404 bits per heavy atom. The van der Waals surface area contributed by atoms with Crippen molar-refractivity contribution in [3.05, 3.63) is 229 Å². The van der Waals surface area contributed by atoms with Crippen LogP contribution in [0.1, 0.15) is 22.3 Å². The molecule has 0 fully saturated rings. The van der Waals surface area contributed by atoms with Gasteiger partial charge in [-0.1, -0.05) is 170 Å². The molecule has 0 saturated carbocycles. The molecule has 0 radical (unpaired) electrons. The van der Waals surface area contributed by atoms with Gasteiger partial charge >= 0.3 is 0 Å². The lowest BCUT2D eigenvalue weighted by atomic mass is 9.66. The van der Waals surface area contributed by atoms with Crippen LogP contribution in [0.15, 0.2) is 206 Å². The number of rotatable bonds is 4. The van der Waals surface area contributed by atoms with Gasteiger partial charge in [0.05, 0.1) is 33.5 Å². The zero-order valence-corrected chi connectivity index (χ0v) is 30.9. The minimum absolute atomic E-state index is 0.579. The standard InChI is InChI=1S/C54H34N2O/c1-4-16-35(17-5-1)38-28-31-49-42(32-38)40-29-30-46-52(41-22-10-11-23-43(41)54(46)44-24-12-14-26-50(44)57-51-27-15-13-25-45(51)54)53(40)56(49)39-33-47(36-18-6-2-7-19-36)55-48(34-39)37-20-8-3-9-21-37/h1-34H. The topological polar surface area (TPSA) is 27.1 Å². The van der Waals surface area contributed by atoms with E-state index >= 15 is 0 Å². The Kier molecular flexibility index (Phi) is 6.84. The predicted octanol–water partition coefficient (Wildman–Crippen LogP) is 13.6. The van der Waals surface area contributed by atoms with Gasteiger partial charge in [0.15, 0.2) is 0 Å². The van der Waals surface area contributed by atoms with Crippen LogP contribution in [0, 0.1) is 0 Å². The van der Waals surface area contributed by atoms with E-state index in [0.29, 0.717) is 0 Å². The molecule has 1 aliphatic heterocycles. The highest BCUT2D eigenvalue weighted by atomic mass is 16.5. The largest absolute Gasteiger partial charge is 0.457 e. The Hall–Kier alpha value is -7.49. The van der Waals surface area contributed by atoms with Crippen molar-refractivity contribution in [2.75, 3.05) is 0 Å². The summed E-state index contributed by atoms with van der Waals surface area (Å²) in [6.07, 6.45) is 0. The van der Waals surface area contributed by atoms with Gasteiger partial charge in [-0.3, -0.25) is 0 Å². The Labute approximate surface area is 330 Å². The number of benzene rings is 8. The van der Waals surface area contributed by atoms with Crippen LogP contribution in [0.3, 0.4) is 0 Å². The van der Waals surface area contributed by atoms with Crippen LogP contribution in [0.5, 0.6) is 11.5 Å². The number of nitrogens with zero attached hydrogens (tertiary/aromatic N) is 2. The van der Waals surface area contributed by atoms with Crippen molar-refractivity contribution in [3.63, 3.8) is 0 Å². The maximum atomic E-state index is 6.68. The summed E-state index contributed by atoms with van der Waals surface area (Å²) in [5.41, 5.74) is 16.5. The van der Waals surface area contributed by atoms with Crippen molar-refractivity contribution in [2.24, 2.45) is 0 Å². The summed E-state index contributed by atoms with van der Waals surface area (Å²) < 4.78 is 9.18. The van der Waals surface area contributed by atoms with Gasteiger partial charge in [-0.2, -0.15) is 0 Å². The minimum Gasteiger partial charge on any atom is -0.457 e. The zero-order chi connectivity index (χ0) is 37.5. The molecule has 3 nitrogen and oxygen atoms in total. The number of hydrogen-bond donors (Lipinski definition) is 0. The molecule has 3 heteroatoms. The molecule has 0 bridgehead atoms. The third-order valence-electron chi connectivity index (χ3n) is 12.1. The predicted molar refractivity (Wildman–Crippen MR) is 232 cm³/mol. The van der Waals surface area contributed by atoms with Gasteiger partial charge in [-0.25, -0.2) is 4.98 Å². The van der Waals surface area contributed by atoms with Crippen molar-refractivity contribution < 1.29 is 4.74 Å². The normalized spacial score (nSPS) is 13.2. The Bertz CT molecular complexity index is 3100. The summed E-state index contributed by atoms with van der Waals surface area (Å²) in [6.45, 7) is 0. The Morgan fingerprint density at radius 3 is 1.58 bits per heavy atom. The van der Waals surface area contributed by atoms with Crippen LogP contribution in [-0.2, 0) is 5.41 Å². The molecule has 57 heavy (non-hydrogen) atoms. The summed E-state index contributed by atoms with van der Waals surface area (Å²) in [4.78, 5) is 5.30. The zero-order valence-electron chi connectivity index (χ0n) is 30.9. The van der Waals surface area contributed by atoms with Gasteiger partial charge in [0.2, 0.25) is 0 Å². The quantitative estimate of drug-likeness (QED) is 0.181. The van der Waals surface area contributed by atoms with E-state index in [1.165, 1.54) is 49.7 Å². The second kappa shape index (κ2) is 12.3. The number of fused-ring (bicyclic) bond motifs is 13. The molecular formula is C54H34N2O. The SMILES string of the molecule is c1ccc(-c2ccc3c(c2)c2ccc4c(c2n3-c2cc(-c3ccccc3)nc(-c3ccccc3)c2)-c2ccccc2C42c3ccccc3Oc3ccccc32)cc1. The Morgan fingerprint density at radius 2 is 0.947 bits per heavy atom. The maximum Gasteiger partial charge on any atom is 0.132 e. The molecular weight excluding hydrogens is 693 g/mol. The second-order valence-electron chi connectivity index (χ2n) is 15.0. The van der Waals surface area contributed by atoms with Gasteiger partial charge < -0.3 is 9.30 Å². The molecule has 0 atom stereocenters. The fourth-order valence-corrected chi connectivity index (χ4v) is 9.68. The Balaban J connectivity index is 1.25. The first-order valence-electron chi connectivity index (χ1n) is 19.5. The molecule has 0 unspecified atom stereocenters. The highest BCUT2D eigenvalue weighted by molar-refractivity contribution is 6.17. The van der Waals surface area contributed by atoms with Crippen LogP contribution in [0.4, 0.5) is 0 Å². The molecule has 0 saturated heterocycles. The van der Waals surface area contributed by atoms with E-state index in [1.54, 1.807) is 0 Å². The number of aromatic nitrogens is 2. The van der Waals surface area contributed by atoms with Crippen molar-refractivity contribution >= 4 is 21.8 Å². The summed E-state index contributed by atoms with van der Waals surface area (Å²) in [5.74, 6) is 1.78. The lowest BCUT2D eigenvalue weighted by molar-refractivity contribution is 0.436. The van der Waals surface area contributed by atoms with E-state index < -0.39 is 5.41 Å². The van der Waals surface area contributed by atoms with Crippen molar-refractivity contribution in [3.8, 4) is 62.0 Å². The smallest absolute Gasteiger partial charge is 0.132 e. The van der Waals surface area contributed by atoms with Crippen LogP contribution >= 0.6 is 0 Å². The molecule has 2 aliphatic rings. The molecule has 0 amide bonds. The number of pyridine rings is 1. The number of para-hydroxylation sites is 2. The molecule has 1 aliphatic carbocycles. The van der Waals surface area contributed by atoms with Gasteiger partial charge in [0.25, 0.3) is 0 Å². The van der Waals surface area contributed by atoms with Crippen LogP contribution < -0.4 is 4.74 Å². The van der Waals surface area contributed by atoms with Gasteiger partial charge in [-0.05, 0) is 64.2 Å². The lowest BCUT2D eigenvalue weighted by Crippen LogP contribution is -2.32. The van der Waals surface area contributed by atoms with Crippen LogP contribution in [-0.4, -0.2) is 9.55 Å². The molecule has 12 rings (SSSR count). The first kappa shape index (κ1) is 31.8. The summed E-state index contributed by atoms with van der Waals surface area (Å²) in [6, 6.07) is 74.2. The lowest BCUT2D eigenvalue weighted by Gasteiger charge is -2.39. The fraction of sp³-hybridized carbons (Fsp3) is 0.0185. The minimum atomic E-state index is -0.579. The van der Waals surface area contributed by atoms with Crippen molar-refractivity contribution in [2.45, 2.75) is 5.41 Å². The van der Waals surface area contributed by atoms with Crippen molar-refractivity contribution in [1.29, 1.82) is 0 Å². The average Bonchev–Trinajstić information content (AvgIpc) is 3.78. The van der Waals surface area contributed by atoms with E-state index in [2.05, 4.69) is 211 Å². The highest BCUT2D eigenvalue weighted by Crippen LogP contribution is 2.63. The molecule has 10 aromatic rings. The fourth-order valence-electron chi connectivity index (χ4n) is 9.68. The van der Waals surface area contributed by atoms with Gasteiger partial charge in [0.1, 0.15) is 11.5 Å². The second-order valence-corrected chi connectivity index (χ2v) is 15.0. The molecule has 8 aromatic carbocycles. The molecule has 266 valence electrons. The maximum absolute atomic E-state index is 6.68. The molecule has 0 N–H and O–H groups in total. The van der Waals surface area contributed by atoms with E-state index in [0.717, 1.165) is 56.3 Å². The molecule has 3 heterocycles. The highest BCUT2D eigenvalue weighted by Gasteiger charge is 2.51. The summed E-state index contributed by atoms with van der Waals surface area (Å²) in [7, 11) is 0. The van der Waals surface area contributed by atoms with Gasteiger partial charge in [0, 0.05) is 38.6 Å². The van der Waals surface area contributed by atoms with Gasteiger partial charge in [-0.15, -0.1) is 0 Å². The first-order valence-corrected chi connectivity index (χ1v) is 19.5. The number of hydrogen-bond acceptors (Lipinski definition) is 2. The van der Waals surface area contributed by atoms with E-state index in [4.69, 9.17) is 9.72 Å². The number of ether oxygens (including phenoxy) is 1. The van der Waals surface area contributed by atoms with Crippen molar-refractivity contribution in [1.82, 2.24) is 9.55 Å². The van der Waals surface area contributed by atoms with Crippen LogP contribution in [0.25, 0.3) is 72.3 Å². The summed E-state index contributed by atoms with van der Waals surface area (Å²) >= 11 is 0. The monoisotopic (exact) mass is 726 g/mol. The van der Waals surface area contributed by atoms with Crippen LogP contribution in [0.2, 0.25) is 0 Å². The van der Waals surface area contributed by atoms with E-state index in [1.807, 2.05) is 0 Å². The van der Waals surface area contributed by atoms with E-state index in [-0.39, 0.29) is 0 Å². The third kappa shape index (κ3) is 4.57. The molecule has 1 spiro atoms. The summed E-state index contributed by atoms with van der Waals surface area (Å²) in [5, 5.41) is 2.42. The first-order chi connectivity index (χ1) is 28.3. The third-order valence-corrected chi connectivity index (χ3v) is 12.1. The average molecular weight is 727 g/mol. The molecule has 2 aromatic heterocycles. The van der Waals surface area contributed by atoms with E-state index in [9.17, 15) is 0 Å².